The molecule has 2 aliphatic heterocycles. The Bertz CT molecular complexity index is 991. The number of piperidine rings is 1. The lowest BCUT2D eigenvalue weighted by atomic mass is 9.98. The summed E-state index contributed by atoms with van der Waals surface area (Å²) in [7, 11) is 3.42. The van der Waals surface area contributed by atoms with E-state index < -0.39 is 0 Å². The Morgan fingerprint density at radius 3 is 2.81 bits per heavy atom. The van der Waals surface area contributed by atoms with Gasteiger partial charge in [-0.2, -0.15) is 0 Å². The van der Waals surface area contributed by atoms with Gasteiger partial charge in [-0.1, -0.05) is 18.2 Å². The van der Waals surface area contributed by atoms with Crippen molar-refractivity contribution in [1.82, 2.24) is 14.9 Å². The highest BCUT2D eigenvalue weighted by atomic mass is 16.5. The molecule has 1 aromatic carbocycles. The van der Waals surface area contributed by atoms with Crippen LogP contribution in [0.5, 0.6) is 5.75 Å². The van der Waals surface area contributed by atoms with E-state index in [1.165, 1.54) is 0 Å². The number of aromatic nitrogens is 2. The van der Waals surface area contributed by atoms with Gasteiger partial charge in [-0.3, -0.25) is 14.5 Å². The summed E-state index contributed by atoms with van der Waals surface area (Å²) in [5.74, 6) is 2.35. The molecule has 0 N–H and O–H groups in total. The fourth-order valence-corrected chi connectivity index (χ4v) is 4.63. The summed E-state index contributed by atoms with van der Waals surface area (Å²) in [6, 6.07) is 7.68. The Labute approximate surface area is 183 Å². The quantitative estimate of drug-likeness (QED) is 0.738. The molecule has 2 amide bonds. The van der Waals surface area contributed by atoms with Crippen LogP contribution in [0.3, 0.4) is 0 Å². The highest BCUT2D eigenvalue weighted by Gasteiger charge is 2.32. The van der Waals surface area contributed by atoms with Gasteiger partial charge in [0.05, 0.1) is 13.2 Å². The van der Waals surface area contributed by atoms with Crippen LogP contribution >= 0.6 is 0 Å². The molecule has 0 unspecified atom stereocenters. The fourth-order valence-electron chi connectivity index (χ4n) is 4.63. The number of rotatable bonds is 5. The topological polar surface area (TPSA) is 75.6 Å². The third-order valence-electron chi connectivity index (χ3n) is 6.41. The van der Waals surface area contributed by atoms with Crippen LogP contribution in [0.25, 0.3) is 0 Å². The third-order valence-corrected chi connectivity index (χ3v) is 6.41. The number of para-hydroxylation sites is 1. The molecule has 0 aliphatic carbocycles. The van der Waals surface area contributed by atoms with Crippen LogP contribution in [0.2, 0.25) is 0 Å². The molecule has 0 spiro atoms. The number of hydrogen-bond donors (Lipinski definition) is 0. The van der Waals surface area contributed by atoms with E-state index in [4.69, 9.17) is 14.7 Å². The average Bonchev–Trinajstić information content (AvgIpc) is 2.80. The van der Waals surface area contributed by atoms with Crippen molar-refractivity contribution in [3.63, 3.8) is 0 Å². The SMILES string of the molecule is COc1ccccc1CCC(=O)N1CCCC[C@H]1c1nc(C)c2c(n1)N(C)C(=O)CC2. The van der Waals surface area contributed by atoms with Gasteiger partial charge in [0.25, 0.3) is 0 Å². The Hall–Kier alpha value is -2.96. The highest BCUT2D eigenvalue weighted by molar-refractivity contribution is 5.94. The molecule has 0 radical (unpaired) electrons. The maximum absolute atomic E-state index is 13.2. The number of ether oxygens (including phenoxy) is 1. The van der Waals surface area contributed by atoms with Gasteiger partial charge < -0.3 is 9.64 Å². The summed E-state index contributed by atoms with van der Waals surface area (Å²) in [4.78, 5) is 38.5. The number of nitrogens with zero attached hydrogens (tertiary/aromatic N) is 4. The van der Waals surface area contributed by atoms with Crippen LogP contribution < -0.4 is 9.64 Å². The molecular formula is C24H30N4O3. The van der Waals surface area contributed by atoms with Crippen molar-refractivity contribution >= 4 is 17.6 Å². The number of methoxy groups -OCH3 is 1. The van der Waals surface area contributed by atoms with E-state index in [1.807, 2.05) is 36.1 Å². The van der Waals surface area contributed by atoms with E-state index in [9.17, 15) is 9.59 Å². The number of fused-ring (bicyclic) bond motifs is 1. The van der Waals surface area contributed by atoms with Crippen molar-refractivity contribution < 1.29 is 14.3 Å². The van der Waals surface area contributed by atoms with Gasteiger partial charge in [-0.05, 0) is 50.7 Å². The monoisotopic (exact) mass is 422 g/mol. The first kappa shape index (κ1) is 21.3. The Kier molecular flexibility index (Phi) is 6.20. The van der Waals surface area contributed by atoms with Crippen molar-refractivity contribution in [2.24, 2.45) is 0 Å². The largest absolute Gasteiger partial charge is 0.496 e. The maximum Gasteiger partial charge on any atom is 0.228 e. The van der Waals surface area contributed by atoms with Gasteiger partial charge in [0, 0.05) is 37.7 Å². The van der Waals surface area contributed by atoms with Crippen molar-refractivity contribution in [3.8, 4) is 5.75 Å². The Morgan fingerprint density at radius 1 is 1.19 bits per heavy atom. The first-order valence-electron chi connectivity index (χ1n) is 11.0. The standard InChI is InChI=1S/C24H30N4O3/c1-16-18-12-14-21(29)27(2)24(18)26-23(25-16)19-9-6-7-15-28(19)22(30)13-11-17-8-4-5-10-20(17)31-3/h4-5,8,10,19H,6-7,9,11-15H2,1-3H3/t19-/m0/s1. The molecule has 7 nitrogen and oxygen atoms in total. The normalized spacial score (nSPS) is 18.7. The summed E-state index contributed by atoms with van der Waals surface area (Å²) in [6.07, 6.45) is 5.08. The number of anilines is 1. The molecule has 2 aromatic rings. The predicted molar refractivity (Wildman–Crippen MR) is 118 cm³/mol. The zero-order valence-corrected chi connectivity index (χ0v) is 18.6. The lowest BCUT2D eigenvalue weighted by Gasteiger charge is -2.36. The van der Waals surface area contributed by atoms with Crippen LogP contribution in [0.15, 0.2) is 24.3 Å². The number of carbonyl (C=O) groups is 2. The number of aryl methyl sites for hydroxylation is 2. The Morgan fingerprint density at radius 2 is 2.00 bits per heavy atom. The molecule has 1 saturated heterocycles. The molecule has 164 valence electrons. The third kappa shape index (κ3) is 4.27. The van der Waals surface area contributed by atoms with Crippen LogP contribution in [0, 0.1) is 6.92 Å². The molecule has 2 aliphatic rings. The van der Waals surface area contributed by atoms with E-state index >= 15 is 0 Å². The van der Waals surface area contributed by atoms with Gasteiger partial charge in [0.15, 0.2) is 5.82 Å². The second-order valence-corrected chi connectivity index (χ2v) is 8.33. The summed E-state index contributed by atoms with van der Waals surface area (Å²) in [5.41, 5.74) is 2.98. The molecule has 4 rings (SSSR count). The summed E-state index contributed by atoms with van der Waals surface area (Å²) < 4.78 is 5.42. The molecule has 7 heteroatoms. The lowest BCUT2D eigenvalue weighted by Crippen LogP contribution is -2.40. The zero-order valence-electron chi connectivity index (χ0n) is 18.6. The Balaban J connectivity index is 1.56. The minimum atomic E-state index is -0.145. The zero-order chi connectivity index (χ0) is 22.0. The van der Waals surface area contributed by atoms with E-state index in [2.05, 4.69) is 0 Å². The van der Waals surface area contributed by atoms with Crippen molar-refractivity contribution in [2.45, 2.75) is 57.9 Å². The van der Waals surface area contributed by atoms with E-state index in [0.29, 0.717) is 43.9 Å². The molecule has 31 heavy (non-hydrogen) atoms. The highest BCUT2D eigenvalue weighted by Crippen LogP contribution is 2.34. The molecule has 3 heterocycles. The molecule has 0 saturated carbocycles. The second kappa shape index (κ2) is 9.04. The van der Waals surface area contributed by atoms with Gasteiger partial charge in [0.2, 0.25) is 11.8 Å². The van der Waals surface area contributed by atoms with E-state index in [-0.39, 0.29) is 17.9 Å². The van der Waals surface area contributed by atoms with Crippen LogP contribution in [0.1, 0.15) is 60.8 Å². The summed E-state index contributed by atoms with van der Waals surface area (Å²) >= 11 is 0. The van der Waals surface area contributed by atoms with E-state index in [1.54, 1.807) is 19.1 Å². The van der Waals surface area contributed by atoms with E-state index in [0.717, 1.165) is 41.8 Å². The van der Waals surface area contributed by atoms with Crippen LogP contribution in [-0.2, 0) is 22.4 Å². The summed E-state index contributed by atoms with van der Waals surface area (Å²) in [6.45, 7) is 2.69. The van der Waals surface area contributed by atoms with Crippen molar-refractivity contribution in [3.05, 3.63) is 46.9 Å². The summed E-state index contributed by atoms with van der Waals surface area (Å²) in [5, 5.41) is 0. The number of amides is 2. The molecule has 1 fully saturated rings. The average molecular weight is 423 g/mol. The van der Waals surface area contributed by atoms with Crippen molar-refractivity contribution in [2.75, 3.05) is 25.6 Å². The first-order valence-corrected chi connectivity index (χ1v) is 11.0. The molecular weight excluding hydrogens is 392 g/mol. The number of hydrogen-bond acceptors (Lipinski definition) is 5. The van der Waals surface area contributed by atoms with Crippen LogP contribution in [-0.4, -0.2) is 47.4 Å². The predicted octanol–water partition coefficient (Wildman–Crippen LogP) is 3.39. The van der Waals surface area contributed by atoms with Gasteiger partial charge in [-0.15, -0.1) is 0 Å². The fraction of sp³-hybridized carbons (Fsp3) is 0.500. The first-order chi connectivity index (χ1) is 15.0. The number of benzene rings is 1. The second-order valence-electron chi connectivity index (χ2n) is 8.33. The van der Waals surface area contributed by atoms with Gasteiger partial charge in [0.1, 0.15) is 11.6 Å². The smallest absolute Gasteiger partial charge is 0.228 e. The molecule has 1 atom stereocenters. The minimum Gasteiger partial charge on any atom is -0.496 e. The van der Waals surface area contributed by atoms with Gasteiger partial charge >= 0.3 is 0 Å². The molecule has 0 bridgehead atoms. The number of likely N-dealkylation sites (tertiary alicyclic amines) is 1. The molecule has 1 aromatic heterocycles. The number of carbonyl (C=O) groups excluding carboxylic acids is 2. The van der Waals surface area contributed by atoms with Crippen LogP contribution in [0.4, 0.5) is 5.82 Å². The van der Waals surface area contributed by atoms with Gasteiger partial charge in [-0.25, -0.2) is 9.97 Å². The minimum absolute atomic E-state index is 0.0740. The lowest BCUT2D eigenvalue weighted by molar-refractivity contribution is -0.135. The van der Waals surface area contributed by atoms with Crippen molar-refractivity contribution in [1.29, 1.82) is 0 Å². The maximum atomic E-state index is 13.2.